The third-order valence-corrected chi connectivity index (χ3v) is 4.05. The predicted octanol–water partition coefficient (Wildman–Crippen LogP) is 2.39. The van der Waals surface area contributed by atoms with E-state index in [4.69, 9.17) is 0 Å². The van der Waals surface area contributed by atoms with Crippen LogP contribution in [0, 0.1) is 11.7 Å². The van der Waals surface area contributed by atoms with Crippen LogP contribution >= 0.6 is 0 Å². The third-order valence-electron chi connectivity index (χ3n) is 4.05. The Hall–Kier alpha value is -1.42. The number of nitrogens with one attached hydrogen (secondary N) is 1. The monoisotopic (exact) mass is 278 g/mol. The average Bonchev–Trinajstić information content (AvgIpc) is 2.88. The van der Waals surface area contributed by atoms with E-state index < -0.39 is 0 Å². The molecule has 0 radical (unpaired) electrons. The maximum absolute atomic E-state index is 13.7. The van der Waals surface area contributed by atoms with Gasteiger partial charge in [0.25, 0.3) is 0 Å². The Kier molecular flexibility index (Phi) is 5.12. The van der Waals surface area contributed by atoms with Crippen molar-refractivity contribution in [1.82, 2.24) is 10.2 Å². The van der Waals surface area contributed by atoms with Crippen molar-refractivity contribution in [2.45, 2.75) is 25.7 Å². The molecule has 1 fully saturated rings. The van der Waals surface area contributed by atoms with Crippen LogP contribution in [0.4, 0.5) is 4.39 Å². The Balaban J connectivity index is 1.90. The number of halogens is 1. The van der Waals surface area contributed by atoms with Gasteiger partial charge in [-0.25, -0.2) is 4.39 Å². The molecule has 1 saturated heterocycles. The van der Waals surface area contributed by atoms with E-state index >= 15 is 0 Å². The molecule has 3 nitrogen and oxygen atoms in total. The molecule has 4 heteroatoms. The largest absolute Gasteiger partial charge is 0.342 e. The number of benzene rings is 1. The number of likely N-dealkylation sites (tertiary alicyclic amines) is 1. The van der Waals surface area contributed by atoms with Crippen LogP contribution in [0.1, 0.15) is 31.2 Å². The fourth-order valence-corrected chi connectivity index (χ4v) is 2.89. The van der Waals surface area contributed by atoms with Gasteiger partial charge >= 0.3 is 0 Å². The minimum absolute atomic E-state index is 0.0768. The summed E-state index contributed by atoms with van der Waals surface area (Å²) in [6.45, 7) is 4.52. The van der Waals surface area contributed by atoms with E-state index in [2.05, 4.69) is 5.32 Å². The molecular weight excluding hydrogens is 255 g/mol. The van der Waals surface area contributed by atoms with Gasteiger partial charge in [0.05, 0.1) is 0 Å². The van der Waals surface area contributed by atoms with E-state index in [0.717, 1.165) is 26.1 Å². The van der Waals surface area contributed by atoms with Crippen LogP contribution in [-0.2, 0) is 4.79 Å². The van der Waals surface area contributed by atoms with Crippen LogP contribution in [0.3, 0.4) is 0 Å². The Morgan fingerprint density at radius 1 is 1.50 bits per heavy atom. The minimum atomic E-state index is -0.220. The molecule has 1 aliphatic rings. The number of hydrogen-bond donors (Lipinski definition) is 1. The molecule has 0 spiro atoms. The second kappa shape index (κ2) is 6.84. The van der Waals surface area contributed by atoms with E-state index in [1.54, 1.807) is 12.1 Å². The van der Waals surface area contributed by atoms with Crippen molar-refractivity contribution in [2.75, 3.05) is 26.7 Å². The highest BCUT2D eigenvalue weighted by atomic mass is 19.1. The summed E-state index contributed by atoms with van der Waals surface area (Å²) >= 11 is 0. The predicted molar refractivity (Wildman–Crippen MR) is 78.0 cm³/mol. The summed E-state index contributed by atoms with van der Waals surface area (Å²) in [7, 11) is 1.94. The van der Waals surface area contributed by atoms with Crippen molar-refractivity contribution >= 4 is 5.91 Å². The maximum atomic E-state index is 13.7. The summed E-state index contributed by atoms with van der Waals surface area (Å²) < 4.78 is 13.7. The fraction of sp³-hybridized carbons (Fsp3) is 0.562. The zero-order chi connectivity index (χ0) is 14.5. The Labute approximate surface area is 120 Å². The normalized spacial score (nSPS) is 20.1. The van der Waals surface area contributed by atoms with Gasteiger partial charge in [0.2, 0.25) is 5.91 Å². The van der Waals surface area contributed by atoms with Gasteiger partial charge in [-0.3, -0.25) is 4.79 Å². The molecule has 2 atom stereocenters. The van der Waals surface area contributed by atoms with Crippen LogP contribution in [0.2, 0.25) is 0 Å². The molecule has 0 saturated carbocycles. The SMILES string of the molecule is CNC[C@H]1CCN(C(=O)C[C@H](C)c2ccccc2F)C1. The Morgan fingerprint density at radius 2 is 2.25 bits per heavy atom. The number of carbonyl (C=O) groups is 1. The van der Waals surface area contributed by atoms with Crippen LogP contribution in [0.15, 0.2) is 24.3 Å². The molecule has 1 heterocycles. The van der Waals surface area contributed by atoms with Gasteiger partial charge in [0.1, 0.15) is 5.82 Å². The fourth-order valence-electron chi connectivity index (χ4n) is 2.89. The Bertz CT molecular complexity index is 464. The number of nitrogens with zero attached hydrogens (tertiary/aromatic N) is 1. The first-order valence-corrected chi connectivity index (χ1v) is 7.28. The van der Waals surface area contributed by atoms with Gasteiger partial charge in [-0.05, 0) is 43.5 Å². The van der Waals surface area contributed by atoms with Gasteiger partial charge in [0, 0.05) is 19.5 Å². The standard InChI is InChI=1S/C16H23FN2O/c1-12(14-5-3-4-6-15(14)17)9-16(20)19-8-7-13(11-19)10-18-2/h3-6,12-13,18H,7-11H2,1-2H3/t12-,13+/m0/s1. The van der Waals surface area contributed by atoms with Crippen LogP contribution < -0.4 is 5.32 Å². The second-order valence-corrected chi connectivity index (χ2v) is 5.68. The van der Waals surface area contributed by atoms with Gasteiger partial charge in [0.15, 0.2) is 0 Å². The molecular formula is C16H23FN2O. The lowest BCUT2D eigenvalue weighted by atomic mass is 9.96. The summed E-state index contributed by atoms with van der Waals surface area (Å²) in [4.78, 5) is 14.2. The molecule has 0 bridgehead atoms. The second-order valence-electron chi connectivity index (χ2n) is 5.68. The molecule has 110 valence electrons. The molecule has 1 aliphatic heterocycles. The number of amides is 1. The van der Waals surface area contributed by atoms with Crippen LogP contribution in [0.25, 0.3) is 0 Å². The molecule has 20 heavy (non-hydrogen) atoms. The maximum Gasteiger partial charge on any atom is 0.223 e. The minimum Gasteiger partial charge on any atom is -0.342 e. The first-order valence-electron chi connectivity index (χ1n) is 7.28. The summed E-state index contributed by atoms with van der Waals surface area (Å²) in [5.74, 6) is 0.390. The van der Waals surface area contributed by atoms with Gasteiger partial charge in [-0.2, -0.15) is 0 Å². The van der Waals surface area contributed by atoms with Crippen molar-refractivity contribution in [3.63, 3.8) is 0 Å². The Morgan fingerprint density at radius 3 is 2.95 bits per heavy atom. The lowest BCUT2D eigenvalue weighted by molar-refractivity contribution is -0.130. The van der Waals surface area contributed by atoms with Crippen molar-refractivity contribution in [2.24, 2.45) is 5.92 Å². The molecule has 0 unspecified atom stereocenters. The van der Waals surface area contributed by atoms with Gasteiger partial charge < -0.3 is 10.2 Å². The van der Waals surface area contributed by atoms with Gasteiger partial charge in [-0.1, -0.05) is 25.1 Å². The van der Waals surface area contributed by atoms with Crippen molar-refractivity contribution in [1.29, 1.82) is 0 Å². The summed E-state index contributed by atoms with van der Waals surface area (Å²) in [6, 6.07) is 6.71. The quantitative estimate of drug-likeness (QED) is 0.897. The molecule has 2 rings (SSSR count). The van der Waals surface area contributed by atoms with E-state index in [0.29, 0.717) is 17.9 Å². The third kappa shape index (κ3) is 3.57. The van der Waals surface area contributed by atoms with Gasteiger partial charge in [-0.15, -0.1) is 0 Å². The zero-order valence-corrected chi connectivity index (χ0v) is 12.2. The lowest BCUT2D eigenvalue weighted by Crippen LogP contribution is -2.31. The van der Waals surface area contributed by atoms with E-state index in [9.17, 15) is 9.18 Å². The number of rotatable bonds is 5. The highest BCUT2D eigenvalue weighted by Crippen LogP contribution is 2.24. The van der Waals surface area contributed by atoms with Crippen LogP contribution in [0.5, 0.6) is 0 Å². The number of carbonyl (C=O) groups excluding carboxylic acids is 1. The zero-order valence-electron chi connectivity index (χ0n) is 12.2. The molecule has 1 amide bonds. The van der Waals surface area contributed by atoms with E-state index in [1.807, 2.05) is 24.9 Å². The highest BCUT2D eigenvalue weighted by molar-refractivity contribution is 5.77. The topological polar surface area (TPSA) is 32.3 Å². The summed E-state index contributed by atoms with van der Waals surface area (Å²) in [6.07, 6.45) is 1.44. The molecule has 0 aliphatic carbocycles. The number of hydrogen-bond acceptors (Lipinski definition) is 2. The summed E-state index contributed by atoms with van der Waals surface area (Å²) in [5.41, 5.74) is 0.631. The average molecular weight is 278 g/mol. The highest BCUT2D eigenvalue weighted by Gasteiger charge is 2.27. The molecule has 1 aromatic carbocycles. The summed E-state index contributed by atoms with van der Waals surface area (Å²) in [5, 5.41) is 3.16. The van der Waals surface area contributed by atoms with Crippen LogP contribution in [-0.4, -0.2) is 37.5 Å². The van der Waals surface area contributed by atoms with E-state index in [-0.39, 0.29) is 17.6 Å². The van der Waals surface area contributed by atoms with Crippen molar-refractivity contribution in [3.8, 4) is 0 Å². The first-order chi connectivity index (χ1) is 9.61. The molecule has 1 aromatic rings. The van der Waals surface area contributed by atoms with Crippen molar-refractivity contribution in [3.05, 3.63) is 35.6 Å². The molecule has 1 N–H and O–H groups in total. The smallest absolute Gasteiger partial charge is 0.223 e. The molecule has 0 aromatic heterocycles. The van der Waals surface area contributed by atoms with E-state index in [1.165, 1.54) is 6.07 Å². The van der Waals surface area contributed by atoms with Crippen molar-refractivity contribution < 1.29 is 9.18 Å². The first kappa shape index (κ1) is 15.0. The lowest BCUT2D eigenvalue weighted by Gasteiger charge is -2.19.